The molecule has 4 amide bonds. The second-order valence-corrected chi connectivity index (χ2v) is 18.3. The Labute approximate surface area is 430 Å². The molecule has 4 aromatic rings. The number of amides is 4. The van der Waals surface area contributed by atoms with Crippen LogP contribution in [0.25, 0.3) is 12.2 Å². The van der Waals surface area contributed by atoms with Gasteiger partial charge in [0.2, 0.25) is 11.8 Å². The first-order valence-corrected chi connectivity index (χ1v) is 25.1. The van der Waals surface area contributed by atoms with Crippen molar-refractivity contribution in [3.05, 3.63) is 95.1 Å². The Morgan fingerprint density at radius 1 is 0.500 bits per heavy atom. The lowest BCUT2D eigenvalue weighted by atomic mass is 10.1. The highest BCUT2D eigenvalue weighted by Gasteiger charge is 2.34. The Morgan fingerprint density at radius 3 is 1.27 bits per heavy atom. The second kappa shape index (κ2) is 23.7. The number of benzene rings is 4. The number of ether oxygens (including phenoxy) is 8. The molecule has 3 fully saturated rings. The number of carbonyl (C=O) groups excluding carboxylic acids is 4. The van der Waals surface area contributed by atoms with Crippen LogP contribution in [0.2, 0.25) is 0 Å². The fourth-order valence-electron chi connectivity index (χ4n) is 9.59. The molecule has 0 spiro atoms. The number of carbonyl (C=O) groups is 4. The van der Waals surface area contributed by atoms with Crippen molar-refractivity contribution in [2.75, 3.05) is 94.1 Å². The molecular formula is C56H62N6O12. The van der Waals surface area contributed by atoms with E-state index < -0.39 is 0 Å². The molecule has 0 aliphatic carbocycles. The molecule has 5 heterocycles. The van der Waals surface area contributed by atoms with E-state index in [-0.39, 0.29) is 35.7 Å². The molecule has 0 unspecified atom stereocenters. The first-order valence-electron chi connectivity index (χ1n) is 25.1. The van der Waals surface area contributed by atoms with Gasteiger partial charge in [0.05, 0.1) is 89.5 Å². The Kier molecular flexibility index (Phi) is 16.3. The standard InChI is InChI=1S/C56H62N6O12/c1-67-47-29-37(11-15-45(47)71-25-7-27-73-51-33-43-41(31-49(51)69-3)55(65)61-19-5-9-39(61)35-57-43)13-17-53(63)59-21-23-60(24-22-59)54(64)18-14-38-12-16-46(48(30-38)68-2)72-26-8-28-74-52-34-44-42(32-50(52)70-4)56(66)62-20-6-10-40(62)36-58-44/h11-18,29-36,39-40H,5-10,19-28H2,1-4H3/b17-13+,18-14+/t39-,40-/m0/s1. The molecule has 3 saturated heterocycles. The summed E-state index contributed by atoms with van der Waals surface area (Å²) in [4.78, 5) is 69.2. The van der Waals surface area contributed by atoms with Gasteiger partial charge in [-0.1, -0.05) is 12.1 Å². The van der Waals surface area contributed by atoms with Crippen molar-refractivity contribution >= 4 is 59.6 Å². The lowest BCUT2D eigenvalue weighted by Gasteiger charge is -2.33. The quantitative estimate of drug-likeness (QED) is 0.0632. The molecule has 5 aliphatic heterocycles. The van der Waals surface area contributed by atoms with Crippen molar-refractivity contribution in [2.24, 2.45) is 9.98 Å². The van der Waals surface area contributed by atoms with Gasteiger partial charge in [-0.15, -0.1) is 0 Å². The number of hydrogen-bond donors (Lipinski definition) is 0. The minimum absolute atomic E-state index is 0.0164. The maximum absolute atomic E-state index is 13.2. The van der Waals surface area contributed by atoms with Crippen molar-refractivity contribution in [3.63, 3.8) is 0 Å². The van der Waals surface area contributed by atoms with E-state index >= 15 is 0 Å². The zero-order chi connectivity index (χ0) is 51.6. The summed E-state index contributed by atoms with van der Waals surface area (Å²) >= 11 is 0. The van der Waals surface area contributed by atoms with Gasteiger partial charge in [0, 0.05) is 88.8 Å². The zero-order valence-corrected chi connectivity index (χ0v) is 42.3. The van der Waals surface area contributed by atoms with Crippen LogP contribution < -0.4 is 37.9 Å². The topological polar surface area (TPSA) is 180 Å². The number of fused-ring (bicyclic) bond motifs is 4. The summed E-state index contributed by atoms with van der Waals surface area (Å²) in [6.45, 7) is 4.41. The number of aliphatic imine (C=N–C) groups is 2. The van der Waals surface area contributed by atoms with Crippen molar-refractivity contribution < 1.29 is 57.1 Å². The number of methoxy groups -OCH3 is 4. The molecule has 74 heavy (non-hydrogen) atoms. The van der Waals surface area contributed by atoms with E-state index in [4.69, 9.17) is 37.9 Å². The summed E-state index contributed by atoms with van der Waals surface area (Å²) < 4.78 is 46.5. The van der Waals surface area contributed by atoms with Gasteiger partial charge in [-0.2, -0.15) is 0 Å². The molecule has 5 aliphatic rings. The first-order chi connectivity index (χ1) is 36.1. The number of hydrogen-bond acceptors (Lipinski definition) is 14. The van der Waals surface area contributed by atoms with Gasteiger partial charge < -0.3 is 57.5 Å². The molecule has 0 saturated carbocycles. The van der Waals surface area contributed by atoms with Crippen LogP contribution in [0.4, 0.5) is 11.4 Å². The Hall–Kier alpha value is -8.02. The molecule has 2 atom stereocenters. The molecule has 4 aromatic carbocycles. The van der Waals surface area contributed by atoms with Crippen LogP contribution in [-0.4, -0.2) is 162 Å². The van der Waals surface area contributed by atoms with E-state index in [1.807, 2.05) is 34.4 Å². The monoisotopic (exact) mass is 1010 g/mol. The van der Waals surface area contributed by atoms with Crippen molar-refractivity contribution in [3.8, 4) is 46.0 Å². The Morgan fingerprint density at radius 2 is 0.878 bits per heavy atom. The Balaban J connectivity index is 0.686. The fraction of sp³-hybridized carbons (Fsp3) is 0.393. The molecule has 0 N–H and O–H groups in total. The van der Waals surface area contributed by atoms with Crippen LogP contribution in [0, 0.1) is 0 Å². The molecule has 18 nitrogen and oxygen atoms in total. The summed E-state index contributed by atoms with van der Waals surface area (Å²) in [6.07, 6.45) is 15.1. The van der Waals surface area contributed by atoms with E-state index in [1.165, 1.54) is 12.2 Å². The number of piperazine rings is 1. The van der Waals surface area contributed by atoms with Crippen LogP contribution in [0.5, 0.6) is 46.0 Å². The Bertz CT molecular complexity index is 2660. The maximum Gasteiger partial charge on any atom is 0.256 e. The number of nitrogens with zero attached hydrogens (tertiary/aromatic N) is 6. The van der Waals surface area contributed by atoms with Crippen LogP contribution in [0.15, 0.2) is 82.8 Å². The predicted octanol–water partition coefficient (Wildman–Crippen LogP) is 7.46. The summed E-state index contributed by atoms with van der Waals surface area (Å²) in [7, 11) is 6.22. The molecule has 388 valence electrons. The van der Waals surface area contributed by atoms with Crippen molar-refractivity contribution in [2.45, 2.75) is 50.6 Å². The van der Waals surface area contributed by atoms with Crippen molar-refractivity contribution in [1.29, 1.82) is 0 Å². The van der Waals surface area contributed by atoms with Gasteiger partial charge in [0.25, 0.3) is 11.8 Å². The molecule has 18 heteroatoms. The van der Waals surface area contributed by atoms with Gasteiger partial charge >= 0.3 is 0 Å². The van der Waals surface area contributed by atoms with Gasteiger partial charge in [-0.25, -0.2) is 0 Å². The van der Waals surface area contributed by atoms with E-state index in [2.05, 4.69) is 9.98 Å². The lowest BCUT2D eigenvalue weighted by molar-refractivity contribution is -0.133. The second-order valence-electron chi connectivity index (χ2n) is 18.3. The van der Waals surface area contributed by atoms with E-state index in [0.717, 1.165) is 49.9 Å². The maximum atomic E-state index is 13.2. The summed E-state index contributed by atoms with van der Waals surface area (Å²) in [5.41, 5.74) is 3.68. The lowest BCUT2D eigenvalue weighted by Crippen LogP contribution is -2.49. The van der Waals surface area contributed by atoms with Crippen LogP contribution in [0.3, 0.4) is 0 Å². The third-order valence-corrected chi connectivity index (χ3v) is 13.6. The van der Waals surface area contributed by atoms with E-state index in [1.54, 1.807) is 98.9 Å². The summed E-state index contributed by atoms with van der Waals surface area (Å²) in [5.74, 6) is 3.71. The SMILES string of the molecule is COc1cc(/C=C/C(=O)N2CCN(C(=O)/C=C/c3ccc(OCCCOc4cc5c(cc4OC)C(=O)N4CCC[C@H]4C=N5)c(OC)c3)CC2)ccc1OCCCOc1cc2c(cc1OC)C(=O)N1CCC[C@H]1C=N2. The fourth-order valence-corrected chi connectivity index (χ4v) is 9.59. The van der Waals surface area contributed by atoms with E-state index in [0.29, 0.717) is 134 Å². The third kappa shape index (κ3) is 11.6. The van der Waals surface area contributed by atoms with Crippen LogP contribution >= 0.6 is 0 Å². The zero-order valence-electron chi connectivity index (χ0n) is 42.3. The summed E-state index contributed by atoms with van der Waals surface area (Å²) in [5, 5.41) is 0. The minimum Gasteiger partial charge on any atom is -0.493 e. The average Bonchev–Trinajstić information content (AvgIpc) is 4.07. The normalized spacial score (nSPS) is 17.9. The highest BCUT2D eigenvalue weighted by atomic mass is 16.5. The van der Waals surface area contributed by atoms with E-state index in [9.17, 15) is 19.2 Å². The molecular weight excluding hydrogens is 949 g/mol. The largest absolute Gasteiger partial charge is 0.493 e. The van der Waals surface area contributed by atoms with Gasteiger partial charge in [0.15, 0.2) is 46.0 Å². The summed E-state index contributed by atoms with van der Waals surface area (Å²) in [6, 6.07) is 17.9. The minimum atomic E-state index is -0.155. The molecule has 9 rings (SSSR count). The molecule has 0 aromatic heterocycles. The highest BCUT2D eigenvalue weighted by Crippen LogP contribution is 2.40. The third-order valence-electron chi connectivity index (χ3n) is 13.6. The van der Waals surface area contributed by atoms with Gasteiger partial charge in [-0.05, 0) is 85.4 Å². The highest BCUT2D eigenvalue weighted by molar-refractivity contribution is 6.04. The van der Waals surface area contributed by atoms with Gasteiger partial charge in [0.1, 0.15) is 0 Å². The average molecular weight is 1010 g/mol. The molecule has 0 radical (unpaired) electrons. The molecule has 0 bridgehead atoms. The van der Waals surface area contributed by atoms with Crippen LogP contribution in [0.1, 0.15) is 70.4 Å². The van der Waals surface area contributed by atoms with Crippen molar-refractivity contribution in [1.82, 2.24) is 19.6 Å². The smallest absolute Gasteiger partial charge is 0.256 e. The van der Waals surface area contributed by atoms with Gasteiger partial charge in [-0.3, -0.25) is 29.2 Å². The predicted molar refractivity (Wildman–Crippen MR) is 279 cm³/mol. The first kappa shape index (κ1) is 50.9. The van der Waals surface area contributed by atoms with Crippen LogP contribution in [-0.2, 0) is 9.59 Å². The number of rotatable bonds is 20.